The first kappa shape index (κ1) is 37.5. The van der Waals surface area contributed by atoms with E-state index < -0.39 is 56.2 Å². The SMILES string of the molecule is CC(C)(C)NC(=O)[C@@H]1CC2CCCCC2CN1C[C@@H](O)[C@H](Cc1ccccc1)NC(=O)[C@@H](NC(=O)c1ccncc1)C(C)(C)S(C)(=O)=O. The van der Waals surface area contributed by atoms with E-state index in [4.69, 9.17) is 0 Å². The largest absolute Gasteiger partial charge is 0.390 e. The minimum atomic E-state index is -3.86. The molecule has 12 heteroatoms. The second kappa shape index (κ2) is 15.5. The number of sulfone groups is 1. The number of nitrogens with one attached hydrogen (secondary N) is 3. The Hall–Kier alpha value is -3.35. The van der Waals surface area contributed by atoms with Crippen molar-refractivity contribution in [3.8, 4) is 0 Å². The number of likely N-dealkylation sites (tertiary alicyclic amines) is 1. The number of β-amino-alcohol motifs (C(OH)–C–C–N with tert-alkyl or cyclic N) is 1. The first-order chi connectivity index (χ1) is 22.5. The number of aromatic nitrogens is 1. The van der Waals surface area contributed by atoms with Gasteiger partial charge in [-0.2, -0.15) is 0 Å². The molecule has 0 bridgehead atoms. The van der Waals surface area contributed by atoms with E-state index in [9.17, 15) is 27.9 Å². The maximum absolute atomic E-state index is 14.1. The zero-order chi connectivity index (χ0) is 35.3. The number of rotatable bonds is 12. The van der Waals surface area contributed by atoms with Crippen LogP contribution in [-0.4, -0.2) is 95.0 Å². The molecule has 2 unspecified atom stereocenters. The summed E-state index contributed by atoms with van der Waals surface area (Å²) in [7, 11) is -3.86. The topological polar surface area (TPSA) is 158 Å². The molecular weight excluding hydrogens is 630 g/mol. The monoisotopic (exact) mass is 683 g/mol. The molecule has 48 heavy (non-hydrogen) atoms. The number of benzene rings is 1. The summed E-state index contributed by atoms with van der Waals surface area (Å²) < 4.78 is 24.2. The fourth-order valence-corrected chi connectivity index (χ4v) is 7.49. The van der Waals surface area contributed by atoms with Gasteiger partial charge in [0.1, 0.15) is 6.04 Å². The van der Waals surface area contributed by atoms with Crippen molar-refractivity contribution >= 4 is 27.6 Å². The molecule has 3 amide bonds. The molecule has 1 aliphatic heterocycles. The summed E-state index contributed by atoms with van der Waals surface area (Å²) in [5, 5.41) is 20.6. The number of piperidine rings is 1. The number of carbonyl (C=O) groups excluding carboxylic acids is 3. The summed E-state index contributed by atoms with van der Waals surface area (Å²) in [5.41, 5.74) is 0.657. The number of fused-ring (bicyclic) bond motifs is 1. The first-order valence-electron chi connectivity index (χ1n) is 16.9. The smallest absolute Gasteiger partial charge is 0.252 e. The maximum atomic E-state index is 14.1. The van der Waals surface area contributed by atoms with Crippen LogP contribution in [0, 0.1) is 11.8 Å². The van der Waals surface area contributed by atoms with Gasteiger partial charge in [-0.3, -0.25) is 24.3 Å². The Balaban J connectivity index is 1.63. The van der Waals surface area contributed by atoms with Gasteiger partial charge in [0.2, 0.25) is 11.8 Å². The number of amides is 3. The summed E-state index contributed by atoms with van der Waals surface area (Å²) >= 11 is 0. The van der Waals surface area contributed by atoms with Gasteiger partial charge in [0, 0.05) is 42.8 Å². The lowest BCUT2D eigenvalue weighted by Crippen LogP contribution is -2.64. The molecule has 1 aromatic carbocycles. The molecule has 1 saturated carbocycles. The fourth-order valence-electron chi connectivity index (χ4n) is 6.90. The molecule has 264 valence electrons. The van der Waals surface area contributed by atoms with Gasteiger partial charge in [-0.25, -0.2) is 8.42 Å². The second-order valence-corrected chi connectivity index (χ2v) is 17.7. The average molecular weight is 684 g/mol. The van der Waals surface area contributed by atoms with Gasteiger partial charge < -0.3 is 21.1 Å². The highest BCUT2D eigenvalue weighted by molar-refractivity contribution is 7.92. The average Bonchev–Trinajstić information content (AvgIpc) is 3.02. The minimum Gasteiger partial charge on any atom is -0.390 e. The number of nitrogens with zero attached hydrogens (tertiary/aromatic N) is 2. The predicted molar refractivity (Wildman–Crippen MR) is 186 cm³/mol. The Kier molecular flexibility index (Phi) is 12.1. The lowest BCUT2D eigenvalue weighted by Gasteiger charge is -2.47. The molecule has 2 aromatic rings. The fraction of sp³-hybridized carbons (Fsp3) is 0.611. The predicted octanol–water partition coefficient (Wildman–Crippen LogP) is 2.89. The van der Waals surface area contributed by atoms with Gasteiger partial charge in [0.15, 0.2) is 9.84 Å². The van der Waals surface area contributed by atoms with Crippen molar-refractivity contribution in [2.75, 3.05) is 19.3 Å². The first-order valence-corrected chi connectivity index (χ1v) is 18.8. The van der Waals surface area contributed by atoms with Crippen LogP contribution >= 0.6 is 0 Å². The van der Waals surface area contributed by atoms with Crippen molar-refractivity contribution < 1.29 is 27.9 Å². The number of aliphatic hydroxyl groups excluding tert-OH is 1. The van der Waals surface area contributed by atoms with Crippen LogP contribution in [0.15, 0.2) is 54.9 Å². The molecule has 0 radical (unpaired) electrons. The molecule has 1 aliphatic carbocycles. The van der Waals surface area contributed by atoms with E-state index >= 15 is 0 Å². The molecular formula is C36H53N5O6S. The van der Waals surface area contributed by atoms with Crippen LogP contribution in [0.4, 0.5) is 0 Å². The normalized spacial score (nSPS) is 22.4. The lowest BCUT2D eigenvalue weighted by atomic mass is 9.72. The van der Waals surface area contributed by atoms with Gasteiger partial charge >= 0.3 is 0 Å². The molecule has 2 fully saturated rings. The van der Waals surface area contributed by atoms with Gasteiger partial charge in [-0.15, -0.1) is 0 Å². The molecule has 6 atom stereocenters. The van der Waals surface area contributed by atoms with Crippen LogP contribution in [0.1, 0.15) is 82.6 Å². The molecule has 4 rings (SSSR count). The second-order valence-electron chi connectivity index (χ2n) is 15.1. The van der Waals surface area contributed by atoms with Crippen molar-refractivity contribution in [3.05, 3.63) is 66.0 Å². The van der Waals surface area contributed by atoms with Crippen LogP contribution in [0.2, 0.25) is 0 Å². The quantitative estimate of drug-likeness (QED) is 0.266. The Morgan fingerprint density at radius 1 is 0.958 bits per heavy atom. The highest BCUT2D eigenvalue weighted by atomic mass is 32.2. The zero-order valence-corrected chi connectivity index (χ0v) is 29.9. The number of carbonyl (C=O) groups is 3. The van der Waals surface area contributed by atoms with Gasteiger partial charge in [0.25, 0.3) is 5.91 Å². The van der Waals surface area contributed by atoms with Crippen molar-refractivity contribution in [2.24, 2.45) is 11.8 Å². The molecule has 2 aliphatic rings. The Morgan fingerprint density at radius 3 is 2.19 bits per heavy atom. The summed E-state index contributed by atoms with van der Waals surface area (Å²) in [6, 6.07) is 9.57. The highest BCUT2D eigenvalue weighted by Gasteiger charge is 2.46. The third-order valence-corrected chi connectivity index (χ3v) is 12.1. The molecule has 1 aromatic heterocycles. The van der Waals surface area contributed by atoms with Crippen LogP contribution < -0.4 is 16.0 Å². The Bertz CT molecular complexity index is 1510. The van der Waals surface area contributed by atoms with E-state index in [1.54, 1.807) is 0 Å². The zero-order valence-electron chi connectivity index (χ0n) is 29.1. The van der Waals surface area contributed by atoms with Crippen molar-refractivity contribution in [2.45, 2.75) is 108 Å². The number of pyridine rings is 1. The molecule has 2 heterocycles. The van der Waals surface area contributed by atoms with Gasteiger partial charge in [-0.1, -0.05) is 49.6 Å². The van der Waals surface area contributed by atoms with Crippen molar-refractivity contribution in [1.29, 1.82) is 0 Å². The van der Waals surface area contributed by atoms with Crippen LogP contribution in [0.5, 0.6) is 0 Å². The molecule has 1 saturated heterocycles. The minimum absolute atomic E-state index is 0.0730. The van der Waals surface area contributed by atoms with E-state index in [1.165, 1.54) is 38.4 Å². The summed E-state index contributed by atoms with van der Waals surface area (Å²) in [4.78, 5) is 46.9. The van der Waals surface area contributed by atoms with Crippen LogP contribution in [0.3, 0.4) is 0 Å². The molecule has 0 spiro atoms. The van der Waals surface area contributed by atoms with Crippen molar-refractivity contribution in [1.82, 2.24) is 25.8 Å². The van der Waals surface area contributed by atoms with Crippen LogP contribution in [0.25, 0.3) is 0 Å². The van der Waals surface area contributed by atoms with E-state index in [0.717, 1.165) is 37.5 Å². The van der Waals surface area contributed by atoms with E-state index in [0.29, 0.717) is 24.8 Å². The number of aliphatic hydroxyl groups is 1. The van der Waals surface area contributed by atoms with E-state index in [-0.39, 0.29) is 24.4 Å². The Labute approximate surface area is 285 Å². The lowest BCUT2D eigenvalue weighted by molar-refractivity contribution is -0.133. The summed E-state index contributed by atoms with van der Waals surface area (Å²) in [6.07, 6.45) is 8.21. The third-order valence-electron chi connectivity index (χ3n) is 9.95. The molecule has 4 N–H and O–H groups in total. The highest BCUT2D eigenvalue weighted by Crippen LogP contribution is 2.39. The number of hydrogen-bond donors (Lipinski definition) is 4. The molecule has 11 nitrogen and oxygen atoms in total. The van der Waals surface area contributed by atoms with Crippen molar-refractivity contribution in [3.63, 3.8) is 0 Å². The number of hydrogen-bond acceptors (Lipinski definition) is 8. The van der Waals surface area contributed by atoms with Gasteiger partial charge in [0.05, 0.1) is 22.9 Å². The Morgan fingerprint density at radius 2 is 1.58 bits per heavy atom. The standard InChI is InChI=1S/C36H53N5O6S/c1-35(2,3)40-33(44)29-21-26-14-10-11-15-27(26)22-41(29)23-30(42)28(20-24-12-8-7-9-13-24)38-34(45)31(36(4,5)48(6,46)47)39-32(43)25-16-18-37-19-17-25/h7-9,12-13,16-19,26-31,42H,10-11,14-15,20-23H2,1-6H3,(H,38,45)(H,39,43)(H,40,44)/t26?,27?,28-,29-,30+,31+/m0/s1. The van der Waals surface area contributed by atoms with E-state index in [2.05, 4.69) is 25.8 Å². The van der Waals surface area contributed by atoms with Gasteiger partial charge in [-0.05, 0) is 83.4 Å². The maximum Gasteiger partial charge on any atom is 0.252 e. The van der Waals surface area contributed by atoms with E-state index in [1.807, 2.05) is 51.1 Å². The summed E-state index contributed by atoms with van der Waals surface area (Å²) in [6.45, 7) is 9.44. The van der Waals surface area contributed by atoms with Crippen LogP contribution in [-0.2, 0) is 25.8 Å². The summed E-state index contributed by atoms with van der Waals surface area (Å²) in [5.74, 6) is -0.560. The third kappa shape index (κ3) is 9.63.